The fourth-order valence-electron chi connectivity index (χ4n) is 3.04. The number of anilines is 1. The molecule has 3 nitrogen and oxygen atoms in total. The van der Waals surface area contributed by atoms with Gasteiger partial charge in [0.15, 0.2) is 0 Å². The van der Waals surface area contributed by atoms with Crippen LogP contribution >= 0.6 is 22.6 Å². The minimum atomic E-state index is 0.176. The summed E-state index contributed by atoms with van der Waals surface area (Å²) in [4.78, 5) is 16.3. The summed E-state index contributed by atoms with van der Waals surface area (Å²) in [5.74, 6) is 2.44. The highest BCUT2D eigenvalue weighted by Gasteiger charge is 2.54. The van der Waals surface area contributed by atoms with Crippen molar-refractivity contribution in [3.8, 4) is 0 Å². The maximum absolute atomic E-state index is 12.1. The molecule has 2 unspecified atom stereocenters. The zero-order chi connectivity index (χ0) is 11.8. The highest BCUT2D eigenvalue weighted by atomic mass is 127. The monoisotopic (exact) mass is 342 g/mol. The number of carbonyl (C=O) groups is 1. The Morgan fingerprint density at radius 2 is 2.00 bits per heavy atom. The van der Waals surface area contributed by atoms with Crippen LogP contribution in [0.3, 0.4) is 0 Å². The van der Waals surface area contributed by atoms with Gasteiger partial charge in [0, 0.05) is 15.7 Å². The van der Waals surface area contributed by atoms with Crippen molar-refractivity contribution >= 4 is 34.3 Å². The lowest BCUT2D eigenvalue weighted by Crippen LogP contribution is -2.16. The van der Waals surface area contributed by atoms with Gasteiger partial charge >= 0.3 is 0 Å². The van der Waals surface area contributed by atoms with Crippen LogP contribution in [0.2, 0.25) is 0 Å². The average Bonchev–Trinajstić information content (AvgIpc) is 3.06. The van der Waals surface area contributed by atoms with Crippen molar-refractivity contribution in [2.24, 2.45) is 17.8 Å². The van der Waals surface area contributed by atoms with Crippen molar-refractivity contribution in [1.82, 2.24) is 4.98 Å². The van der Waals surface area contributed by atoms with E-state index in [2.05, 4.69) is 32.9 Å². The number of hydrogen-bond acceptors (Lipinski definition) is 2. The van der Waals surface area contributed by atoms with Gasteiger partial charge < -0.3 is 5.32 Å². The summed E-state index contributed by atoms with van der Waals surface area (Å²) in [6.07, 6.45) is 6.85. The number of halogens is 1. The molecule has 2 saturated carbocycles. The van der Waals surface area contributed by atoms with Crippen molar-refractivity contribution in [2.75, 3.05) is 5.32 Å². The lowest BCUT2D eigenvalue weighted by atomic mass is 10.0. The molecule has 1 N–H and O–H groups in total. The fourth-order valence-corrected chi connectivity index (χ4v) is 3.36. The van der Waals surface area contributed by atoms with Gasteiger partial charge in [0.1, 0.15) is 5.82 Å². The van der Waals surface area contributed by atoms with Gasteiger partial charge in [-0.2, -0.15) is 0 Å². The van der Waals surface area contributed by atoms with Gasteiger partial charge in [0.2, 0.25) is 5.91 Å². The molecule has 0 saturated heterocycles. The van der Waals surface area contributed by atoms with E-state index in [1.54, 1.807) is 6.20 Å². The van der Waals surface area contributed by atoms with Crippen molar-refractivity contribution in [1.29, 1.82) is 0 Å². The lowest BCUT2D eigenvalue weighted by Gasteiger charge is -2.04. The van der Waals surface area contributed by atoms with Gasteiger partial charge in [0.05, 0.1) is 0 Å². The second-order valence-corrected chi connectivity index (χ2v) is 6.23. The Balaban J connectivity index is 1.62. The van der Waals surface area contributed by atoms with E-state index < -0.39 is 0 Å². The van der Waals surface area contributed by atoms with Gasteiger partial charge in [-0.3, -0.25) is 4.79 Å². The van der Waals surface area contributed by atoms with Gasteiger partial charge in [-0.15, -0.1) is 0 Å². The van der Waals surface area contributed by atoms with Crippen LogP contribution in [0.25, 0.3) is 0 Å². The fraction of sp³-hybridized carbons (Fsp3) is 0.538. The molecule has 0 bridgehead atoms. The molecular formula is C13H15IN2O. The Bertz CT molecular complexity index is 420. The van der Waals surface area contributed by atoms with E-state index in [0.717, 1.165) is 3.57 Å². The molecule has 0 aromatic carbocycles. The molecule has 0 radical (unpaired) electrons. The SMILES string of the molecule is O=C(Nc1ccc(I)cn1)C1C2CCCCC21. The Labute approximate surface area is 115 Å². The van der Waals surface area contributed by atoms with Crippen LogP contribution in [0.1, 0.15) is 25.7 Å². The van der Waals surface area contributed by atoms with Gasteiger partial charge in [-0.1, -0.05) is 12.8 Å². The van der Waals surface area contributed by atoms with E-state index >= 15 is 0 Å². The smallest absolute Gasteiger partial charge is 0.229 e. The number of amides is 1. The predicted octanol–water partition coefficient (Wildman–Crippen LogP) is 3.06. The molecule has 90 valence electrons. The number of fused-ring (bicyclic) bond motifs is 1. The molecule has 2 atom stereocenters. The van der Waals surface area contributed by atoms with Crippen LogP contribution < -0.4 is 5.32 Å². The molecule has 4 heteroatoms. The van der Waals surface area contributed by atoms with E-state index in [4.69, 9.17) is 0 Å². The Kier molecular flexibility index (Phi) is 3.06. The lowest BCUT2D eigenvalue weighted by molar-refractivity contribution is -0.117. The van der Waals surface area contributed by atoms with E-state index in [9.17, 15) is 4.79 Å². The molecular weight excluding hydrogens is 327 g/mol. The van der Waals surface area contributed by atoms with Crippen LogP contribution in [0.15, 0.2) is 18.3 Å². The molecule has 2 aliphatic rings. The zero-order valence-corrected chi connectivity index (χ0v) is 11.7. The van der Waals surface area contributed by atoms with Crippen LogP contribution in [-0.2, 0) is 4.79 Å². The third-order valence-electron chi connectivity index (χ3n) is 3.94. The summed E-state index contributed by atoms with van der Waals surface area (Å²) < 4.78 is 1.08. The summed E-state index contributed by atoms with van der Waals surface area (Å²) in [5.41, 5.74) is 0. The maximum Gasteiger partial charge on any atom is 0.229 e. The molecule has 17 heavy (non-hydrogen) atoms. The first-order chi connectivity index (χ1) is 8.25. The largest absolute Gasteiger partial charge is 0.310 e. The molecule has 1 amide bonds. The minimum absolute atomic E-state index is 0.176. The molecule has 1 heterocycles. The normalized spacial score (nSPS) is 30.5. The summed E-state index contributed by atoms with van der Waals surface area (Å²) in [5, 5.41) is 2.93. The quantitative estimate of drug-likeness (QED) is 0.840. The number of hydrogen-bond donors (Lipinski definition) is 1. The Morgan fingerprint density at radius 1 is 1.29 bits per heavy atom. The van der Waals surface area contributed by atoms with Crippen molar-refractivity contribution in [3.05, 3.63) is 21.9 Å². The molecule has 0 aliphatic heterocycles. The van der Waals surface area contributed by atoms with Crippen molar-refractivity contribution in [3.63, 3.8) is 0 Å². The number of nitrogens with zero attached hydrogens (tertiary/aromatic N) is 1. The van der Waals surface area contributed by atoms with Gasteiger partial charge in [0.25, 0.3) is 0 Å². The van der Waals surface area contributed by atoms with Gasteiger partial charge in [-0.25, -0.2) is 4.98 Å². The van der Waals surface area contributed by atoms with E-state index in [-0.39, 0.29) is 11.8 Å². The summed E-state index contributed by atoms with van der Waals surface area (Å²) in [7, 11) is 0. The molecule has 3 rings (SSSR count). The number of nitrogens with one attached hydrogen (secondary N) is 1. The van der Waals surface area contributed by atoms with Crippen LogP contribution in [0.5, 0.6) is 0 Å². The van der Waals surface area contributed by atoms with Gasteiger partial charge in [-0.05, 0) is 59.4 Å². The summed E-state index contributed by atoms with van der Waals surface area (Å²) in [6, 6.07) is 3.83. The number of aromatic nitrogens is 1. The number of pyridine rings is 1. The Hall–Kier alpha value is -0.650. The second-order valence-electron chi connectivity index (χ2n) is 4.99. The first-order valence-electron chi connectivity index (χ1n) is 6.18. The molecule has 0 spiro atoms. The second kappa shape index (κ2) is 4.55. The van der Waals surface area contributed by atoms with E-state index in [1.807, 2.05) is 12.1 Å². The first-order valence-corrected chi connectivity index (χ1v) is 7.26. The highest BCUT2D eigenvalue weighted by Crippen LogP contribution is 2.55. The first kappa shape index (κ1) is 11.4. The standard InChI is InChI=1S/C13H15IN2O/c14-8-5-6-11(15-7-8)16-13(17)12-9-3-1-2-4-10(9)12/h5-7,9-10,12H,1-4H2,(H,15,16,17). The van der Waals surface area contributed by atoms with Crippen molar-refractivity contribution in [2.45, 2.75) is 25.7 Å². The molecule has 1 aromatic heterocycles. The molecule has 1 aromatic rings. The molecule has 2 fully saturated rings. The van der Waals surface area contributed by atoms with Crippen LogP contribution in [-0.4, -0.2) is 10.9 Å². The summed E-state index contributed by atoms with van der Waals surface area (Å²) >= 11 is 2.21. The predicted molar refractivity (Wildman–Crippen MR) is 74.5 cm³/mol. The van der Waals surface area contributed by atoms with E-state index in [1.165, 1.54) is 25.7 Å². The summed E-state index contributed by atoms with van der Waals surface area (Å²) in [6.45, 7) is 0. The zero-order valence-electron chi connectivity index (χ0n) is 9.53. The van der Waals surface area contributed by atoms with Crippen molar-refractivity contribution < 1.29 is 4.79 Å². The molecule has 2 aliphatic carbocycles. The number of rotatable bonds is 2. The average molecular weight is 342 g/mol. The number of carbonyl (C=O) groups excluding carboxylic acids is 1. The highest BCUT2D eigenvalue weighted by molar-refractivity contribution is 14.1. The minimum Gasteiger partial charge on any atom is -0.310 e. The van der Waals surface area contributed by atoms with Crippen LogP contribution in [0, 0.1) is 21.3 Å². The third kappa shape index (κ3) is 2.32. The Morgan fingerprint density at radius 3 is 2.59 bits per heavy atom. The third-order valence-corrected chi connectivity index (χ3v) is 4.58. The van der Waals surface area contributed by atoms with Crippen LogP contribution in [0.4, 0.5) is 5.82 Å². The maximum atomic E-state index is 12.1. The topological polar surface area (TPSA) is 42.0 Å². The van der Waals surface area contributed by atoms with E-state index in [0.29, 0.717) is 17.7 Å².